The topological polar surface area (TPSA) is 93.8 Å². The molecule has 98 valence electrons. The molecule has 0 bridgehead atoms. The molecule has 1 amide bonds. The molecule has 6 nitrogen and oxygen atoms in total. The van der Waals surface area contributed by atoms with Crippen molar-refractivity contribution in [3.8, 4) is 0 Å². The van der Waals surface area contributed by atoms with E-state index in [0.717, 1.165) is 0 Å². The Balaban J connectivity index is 2.34. The number of anilines is 2. The summed E-state index contributed by atoms with van der Waals surface area (Å²) >= 11 is 11.7. The van der Waals surface area contributed by atoms with E-state index in [2.05, 4.69) is 20.3 Å². The van der Waals surface area contributed by atoms with Crippen molar-refractivity contribution in [1.29, 1.82) is 0 Å². The van der Waals surface area contributed by atoms with E-state index in [4.69, 9.17) is 28.9 Å². The van der Waals surface area contributed by atoms with Gasteiger partial charge in [0.15, 0.2) is 10.3 Å². The lowest BCUT2D eigenvalue weighted by atomic mass is 10.2. The molecule has 0 aliphatic carbocycles. The van der Waals surface area contributed by atoms with E-state index in [1.807, 2.05) is 0 Å². The second-order valence-electron chi connectivity index (χ2n) is 3.69. The Bertz CT molecular complexity index is 627. The maximum absolute atomic E-state index is 12.1. The lowest BCUT2D eigenvalue weighted by Gasteiger charge is -2.09. The molecule has 2 heterocycles. The van der Waals surface area contributed by atoms with Crippen LogP contribution in [0.25, 0.3) is 0 Å². The first kappa shape index (κ1) is 13.5. The second-order valence-corrected chi connectivity index (χ2v) is 4.40. The number of carbonyl (C=O) groups is 1. The number of amides is 1. The summed E-state index contributed by atoms with van der Waals surface area (Å²) in [4.78, 5) is 23.6. The van der Waals surface area contributed by atoms with Crippen LogP contribution in [0.15, 0.2) is 18.6 Å². The summed E-state index contributed by atoms with van der Waals surface area (Å²) in [5.74, 6) is -0.434. The van der Waals surface area contributed by atoms with Gasteiger partial charge in [-0.2, -0.15) is 0 Å². The molecule has 19 heavy (non-hydrogen) atoms. The molecule has 2 rings (SSSR count). The Hall–Kier alpha value is -1.92. The van der Waals surface area contributed by atoms with Crippen LogP contribution < -0.4 is 11.1 Å². The molecular formula is C11H9Cl2N5O. The Labute approximate surface area is 119 Å². The monoisotopic (exact) mass is 297 g/mol. The molecule has 0 aromatic carbocycles. The van der Waals surface area contributed by atoms with E-state index >= 15 is 0 Å². The van der Waals surface area contributed by atoms with Crippen molar-refractivity contribution in [2.75, 3.05) is 11.1 Å². The van der Waals surface area contributed by atoms with Crippen LogP contribution in [0.5, 0.6) is 0 Å². The van der Waals surface area contributed by atoms with Gasteiger partial charge in [-0.15, -0.1) is 0 Å². The molecule has 0 aliphatic rings. The fourth-order valence-electron chi connectivity index (χ4n) is 1.41. The van der Waals surface area contributed by atoms with Crippen molar-refractivity contribution >= 4 is 40.5 Å². The Morgan fingerprint density at radius 3 is 2.53 bits per heavy atom. The van der Waals surface area contributed by atoms with E-state index in [1.54, 1.807) is 6.92 Å². The van der Waals surface area contributed by atoms with E-state index < -0.39 is 5.91 Å². The van der Waals surface area contributed by atoms with Crippen LogP contribution in [0.2, 0.25) is 10.3 Å². The highest BCUT2D eigenvalue weighted by Crippen LogP contribution is 2.26. The lowest BCUT2D eigenvalue weighted by Crippen LogP contribution is -2.15. The normalized spacial score (nSPS) is 10.3. The van der Waals surface area contributed by atoms with Gasteiger partial charge >= 0.3 is 0 Å². The van der Waals surface area contributed by atoms with Gasteiger partial charge < -0.3 is 11.1 Å². The number of nitrogen functional groups attached to an aromatic ring is 1. The highest BCUT2D eigenvalue weighted by Gasteiger charge is 2.15. The van der Waals surface area contributed by atoms with Gasteiger partial charge in [0.05, 0.1) is 23.1 Å². The first-order chi connectivity index (χ1) is 8.99. The predicted octanol–water partition coefficient (Wildman–Crippen LogP) is 2.32. The third-order valence-electron chi connectivity index (χ3n) is 2.35. The van der Waals surface area contributed by atoms with E-state index in [9.17, 15) is 4.79 Å². The van der Waals surface area contributed by atoms with Gasteiger partial charge in [0, 0.05) is 0 Å². The number of hydrogen-bond acceptors (Lipinski definition) is 5. The minimum atomic E-state index is -0.434. The summed E-state index contributed by atoms with van der Waals surface area (Å²) in [6.45, 7) is 1.69. The zero-order chi connectivity index (χ0) is 14.0. The molecule has 0 unspecified atom stereocenters. The van der Waals surface area contributed by atoms with Gasteiger partial charge in [-0.05, 0) is 13.0 Å². The third-order valence-corrected chi connectivity index (χ3v) is 2.92. The number of aromatic nitrogens is 3. The first-order valence-electron chi connectivity index (χ1n) is 5.18. The van der Waals surface area contributed by atoms with Gasteiger partial charge in [0.1, 0.15) is 12.0 Å². The van der Waals surface area contributed by atoms with E-state index in [-0.39, 0.29) is 16.0 Å². The van der Waals surface area contributed by atoms with E-state index in [1.165, 1.54) is 18.6 Å². The summed E-state index contributed by atoms with van der Waals surface area (Å²) in [7, 11) is 0. The minimum absolute atomic E-state index is 0.0582. The third kappa shape index (κ3) is 2.91. The number of pyridine rings is 1. The van der Waals surface area contributed by atoms with Gasteiger partial charge in [-0.25, -0.2) is 9.97 Å². The van der Waals surface area contributed by atoms with E-state index in [0.29, 0.717) is 16.9 Å². The largest absolute Gasteiger partial charge is 0.397 e. The zero-order valence-corrected chi connectivity index (χ0v) is 11.3. The maximum atomic E-state index is 12.1. The second kappa shape index (κ2) is 5.38. The molecule has 0 aliphatic heterocycles. The molecule has 0 atom stereocenters. The number of nitrogens with zero attached hydrogens (tertiary/aromatic N) is 3. The first-order valence-corrected chi connectivity index (χ1v) is 5.94. The number of carbonyl (C=O) groups excluding carboxylic acids is 1. The molecule has 2 aromatic heterocycles. The molecule has 2 aromatic rings. The van der Waals surface area contributed by atoms with Crippen molar-refractivity contribution in [3.05, 3.63) is 40.2 Å². The SMILES string of the molecule is Cc1ncc(N)cc1C(=O)Nc1c(Cl)ncnc1Cl. The van der Waals surface area contributed by atoms with Crippen molar-refractivity contribution in [3.63, 3.8) is 0 Å². The van der Waals surface area contributed by atoms with Crippen LogP contribution in [-0.2, 0) is 0 Å². The number of nitrogens with two attached hydrogens (primary N) is 1. The molecule has 0 saturated carbocycles. The standard InChI is InChI=1S/C11H9Cl2N5O/c1-5-7(2-6(14)3-15-5)11(19)18-8-9(12)16-4-17-10(8)13/h2-4H,14H2,1H3,(H,18,19). The van der Waals surface area contributed by atoms with Crippen LogP contribution >= 0.6 is 23.2 Å². The predicted molar refractivity (Wildman–Crippen MR) is 73.4 cm³/mol. The maximum Gasteiger partial charge on any atom is 0.257 e. The van der Waals surface area contributed by atoms with Crippen molar-refractivity contribution in [2.45, 2.75) is 6.92 Å². The van der Waals surface area contributed by atoms with Gasteiger partial charge in [-0.3, -0.25) is 9.78 Å². The fourth-order valence-corrected chi connectivity index (χ4v) is 1.82. The van der Waals surface area contributed by atoms with Crippen LogP contribution in [0.4, 0.5) is 11.4 Å². The lowest BCUT2D eigenvalue weighted by molar-refractivity contribution is 0.102. The van der Waals surface area contributed by atoms with Gasteiger partial charge in [0.25, 0.3) is 5.91 Å². The summed E-state index contributed by atoms with van der Waals surface area (Å²) in [6.07, 6.45) is 2.67. The fraction of sp³-hybridized carbons (Fsp3) is 0.0909. The molecule has 3 N–H and O–H groups in total. The average Bonchev–Trinajstić information content (AvgIpc) is 2.37. The number of aryl methyl sites for hydroxylation is 1. The van der Waals surface area contributed by atoms with Crippen molar-refractivity contribution in [1.82, 2.24) is 15.0 Å². The van der Waals surface area contributed by atoms with Crippen molar-refractivity contribution < 1.29 is 4.79 Å². The highest BCUT2D eigenvalue weighted by atomic mass is 35.5. The highest BCUT2D eigenvalue weighted by molar-refractivity contribution is 6.38. The number of hydrogen-bond donors (Lipinski definition) is 2. The quantitative estimate of drug-likeness (QED) is 0.830. The summed E-state index contributed by atoms with van der Waals surface area (Å²) in [5.41, 5.74) is 7.00. The minimum Gasteiger partial charge on any atom is -0.397 e. The van der Waals surface area contributed by atoms with Gasteiger partial charge in [0.2, 0.25) is 0 Å². The number of nitrogens with one attached hydrogen (secondary N) is 1. The molecular weight excluding hydrogens is 289 g/mol. The summed E-state index contributed by atoms with van der Waals surface area (Å²) < 4.78 is 0. The molecule has 0 radical (unpaired) electrons. The summed E-state index contributed by atoms with van der Waals surface area (Å²) in [5, 5.41) is 2.66. The number of rotatable bonds is 2. The van der Waals surface area contributed by atoms with Crippen molar-refractivity contribution in [2.24, 2.45) is 0 Å². The number of halogens is 2. The van der Waals surface area contributed by atoms with Crippen LogP contribution in [0.3, 0.4) is 0 Å². The Kier molecular flexibility index (Phi) is 3.82. The molecule has 0 fully saturated rings. The Morgan fingerprint density at radius 1 is 1.26 bits per heavy atom. The molecule has 0 saturated heterocycles. The summed E-state index contributed by atoms with van der Waals surface area (Å²) in [6, 6.07) is 1.52. The molecule has 0 spiro atoms. The zero-order valence-electron chi connectivity index (χ0n) is 9.82. The molecule has 8 heteroatoms. The smallest absolute Gasteiger partial charge is 0.257 e. The van der Waals surface area contributed by atoms with Crippen LogP contribution in [-0.4, -0.2) is 20.9 Å². The van der Waals surface area contributed by atoms with Gasteiger partial charge in [-0.1, -0.05) is 23.2 Å². The average molecular weight is 298 g/mol. The Morgan fingerprint density at radius 2 is 1.89 bits per heavy atom. The van der Waals surface area contributed by atoms with Crippen LogP contribution in [0, 0.1) is 6.92 Å². The van der Waals surface area contributed by atoms with Crippen LogP contribution in [0.1, 0.15) is 16.1 Å².